The number of fused-ring (bicyclic) bond motifs is 1. The highest BCUT2D eigenvalue weighted by Gasteiger charge is 2.26. The van der Waals surface area contributed by atoms with Crippen LogP contribution in [0, 0.1) is 0 Å². The van der Waals surface area contributed by atoms with Gasteiger partial charge in [-0.2, -0.15) is 0 Å². The second-order valence-corrected chi connectivity index (χ2v) is 8.65. The van der Waals surface area contributed by atoms with Crippen molar-refractivity contribution in [3.8, 4) is 0 Å². The van der Waals surface area contributed by atoms with Crippen molar-refractivity contribution in [2.45, 2.75) is 17.9 Å². The second-order valence-electron chi connectivity index (χ2n) is 6.84. The van der Waals surface area contributed by atoms with E-state index in [0.717, 1.165) is 41.9 Å². The zero-order valence-electron chi connectivity index (χ0n) is 15.2. The van der Waals surface area contributed by atoms with Crippen molar-refractivity contribution < 1.29 is 17.2 Å². The molecule has 0 aliphatic carbocycles. The molecule has 148 valence electrons. The molecule has 1 N–H and O–H groups in total. The monoisotopic (exact) mass is 405 g/mol. The molecule has 0 atom stereocenters. The highest BCUT2D eigenvalue weighted by Crippen LogP contribution is 2.34. The zero-order valence-corrected chi connectivity index (χ0v) is 16.0. The van der Waals surface area contributed by atoms with Gasteiger partial charge in [0.2, 0.25) is 0 Å². The molecule has 4 rings (SSSR count). The molecule has 8 heteroatoms. The van der Waals surface area contributed by atoms with Crippen LogP contribution in [0.1, 0.15) is 17.6 Å². The Labute approximate surface area is 162 Å². The first-order valence-corrected chi connectivity index (χ1v) is 10.6. The van der Waals surface area contributed by atoms with Gasteiger partial charge in [0.05, 0.1) is 10.4 Å². The maximum absolute atomic E-state index is 13.8. The minimum atomic E-state index is -3.97. The van der Waals surface area contributed by atoms with Gasteiger partial charge in [-0.05, 0) is 23.8 Å². The van der Waals surface area contributed by atoms with Crippen LogP contribution in [-0.4, -0.2) is 43.5 Å². The lowest BCUT2D eigenvalue weighted by Crippen LogP contribution is -2.42. The number of hydrogen-bond acceptors (Lipinski definition) is 4. The van der Waals surface area contributed by atoms with Crippen LogP contribution in [0.15, 0.2) is 59.6 Å². The average molecular weight is 405 g/mol. The lowest BCUT2D eigenvalue weighted by molar-refractivity contribution is 0.153. The second kappa shape index (κ2) is 7.62. The lowest BCUT2D eigenvalue weighted by atomic mass is 10.1. The van der Waals surface area contributed by atoms with Crippen LogP contribution >= 0.6 is 0 Å². The van der Waals surface area contributed by atoms with Crippen molar-refractivity contribution in [1.29, 1.82) is 0 Å². The number of alkyl halides is 2. The van der Waals surface area contributed by atoms with Gasteiger partial charge >= 0.3 is 0 Å². The molecule has 1 saturated heterocycles. The number of halogens is 2. The normalized spacial score (nSPS) is 16.1. The summed E-state index contributed by atoms with van der Waals surface area (Å²) in [6, 6.07) is 13.0. The lowest BCUT2D eigenvalue weighted by Gasteiger charge is -2.27. The first-order chi connectivity index (χ1) is 13.5. The fraction of sp³-hybridized carbons (Fsp3) is 0.300. The molecule has 0 unspecified atom stereocenters. The molecule has 0 saturated carbocycles. The third-order valence-corrected chi connectivity index (χ3v) is 6.74. The summed E-state index contributed by atoms with van der Waals surface area (Å²) in [5.41, 5.74) is 0.753. The first-order valence-electron chi connectivity index (χ1n) is 9.13. The maximum Gasteiger partial charge on any atom is 0.268 e. The Hall–Kier alpha value is -2.29. The standard InChI is InChI=1S/C20H21F2N3O2S/c21-20(22)17-14-25(28(26,27)16-6-2-1-3-7-16)18-8-4-5-15(19(17)18)13-24-11-9-23-10-12-24/h1-8,14,20,23H,9-13H2. The molecule has 2 heterocycles. The summed E-state index contributed by atoms with van der Waals surface area (Å²) in [6.45, 7) is 3.85. The first kappa shape index (κ1) is 19.0. The minimum Gasteiger partial charge on any atom is -0.314 e. The Morgan fingerprint density at radius 3 is 2.39 bits per heavy atom. The molecule has 0 bridgehead atoms. The maximum atomic E-state index is 13.8. The van der Waals surface area contributed by atoms with Crippen molar-refractivity contribution in [2.24, 2.45) is 0 Å². The molecule has 0 spiro atoms. The quantitative estimate of drug-likeness (QED) is 0.708. The van der Waals surface area contributed by atoms with Crippen LogP contribution in [0.5, 0.6) is 0 Å². The van der Waals surface area contributed by atoms with E-state index in [1.807, 2.05) is 0 Å². The Morgan fingerprint density at radius 2 is 1.71 bits per heavy atom. The van der Waals surface area contributed by atoms with Crippen molar-refractivity contribution >= 4 is 20.9 Å². The Bertz CT molecular complexity index is 1080. The van der Waals surface area contributed by atoms with Gasteiger partial charge < -0.3 is 5.32 Å². The van der Waals surface area contributed by atoms with E-state index >= 15 is 0 Å². The van der Waals surface area contributed by atoms with Gasteiger partial charge in [-0.15, -0.1) is 0 Å². The van der Waals surface area contributed by atoms with Gasteiger partial charge in [-0.1, -0.05) is 30.3 Å². The fourth-order valence-electron chi connectivity index (χ4n) is 3.68. The van der Waals surface area contributed by atoms with E-state index in [4.69, 9.17) is 0 Å². The third kappa shape index (κ3) is 3.43. The number of benzene rings is 2. The highest BCUT2D eigenvalue weighted by atomic mass is 32.2. The summed E-state index contributed by atoms with van der Waals surface area (Å²) in [4.78, 5) is 2.25. The van der Waals surface area contributed by atoms with Crippen LogP contribution in [-0.2, 0) is 16.6 Å². The van der Waals surface area contributed by atoms with Crippen molar-refractivity contribution in [3.05, 3.63) is 65.9 Å². The van der Waals surface area contributed by atoms with E-state index < -0.39 is 16.4 Å². The van der Waals surface area contributed by atoms with Gasteiger partial charge in [-0.3, -0.25) is 4.90 Å². The summed E-state index contributed by atoms with van der Waals surface area (Å²) in [7, 11) is -3.97. The molecule has 3 aromatic rings. The van der Waals surface area contributed by atoms with Gasteiger partial charge in [-0.25, -0.2) is 21.2 Å². The van der Waals surface area contributed by atoms with Crippen molar-refractivity contribution in [1.82, 2.24) is 14.2 Å². The summed E-state index contributed by atoms with van der Waals surface area (Å²) in [5.74, 6) is 0. The Kier molecular flexibility index (Phi) is 5.18. The number of nitrogens with one attached hydrogen (secondary N) is 1. The van der Waals surface area contributed by atoms with E-state index in [0.29, 0.717) is 11.9 Å². The van der Waals surface area contributed by atoms with Gasteiger partial charge in [0.25, 0.3) is 16.4 Å². The van der Waals surface area contributed by atoms with Gasteiger partial charge in [0.15, 0.2) is 0 Å². The Morgan fingerprint density at radius 1 is 1.00 bits per heavy atom. The minimum absolute atomic E-state index is 0.0697. The summed E-state index contributed by atoms with van der Waals surface area (Å²) >= 11 is 0. The largest absolute Gasteiger partial charge is 0.314 e. The SMILES string of the molecule is O=S(=O)(c1ccccc1)n1cc(C(F)F)c2c(CN3CCNCC3)cccc21. The average Bonchev–Trinajstić information content (AvgIpc) is 3.11. The van der Waals surface area contributed by atoms with Crippen molar-refractivity contribution in [3.63, 3.8) is 0 Å². The highest BCUT2D eigenvalue weighted by molar-refractivity contribution is 7.90. The topological polar surface area (TPSA) is 54.3 Å². The van der Waals surface area contributed by atoms with E-state index in [9.17, 15) is 17.2 Å². The molecule has 0 radical (unpaired) electrons. The van der Waals surface area contributed by atoms with Gasteiger partial charge in [0, 0.05) is 49.9 Å². The number of rotatable bonds is 5. The van der Waals surface area contributed by atoms with E-state index in [1.54, 1.807) is 36.4 Å². The fourth-order valence-corrected chi connectivity index (χ4v) is 5.07. The number of piperazine rings is 1. The molecule has 1 aliphatic heterocycles. The smallest absolute Gasteiger partial charge is 0.268 e. The molecular weight excluding hydrogens is 384 g/mol. The molecule has 1 aromatic heterocycles. The number of nitrogens with zero attached hydrogens (tertiary/aromatic N) is 2. The van der Waals surface area contributed by atoms with Crippen LogP contribution in [0.2, 0.25) is 0 Å². The zero-order chi connectivity index (χ0) is 19.7. The van der Waals surface area contributed by atoms with E-state index in [-0.39, 0.29) is 16.0 Å². The van der Waals surface area contributed by atoms with Crippen LogP contribution in [0.25, 0.3) is 10.9 Å². The third-order valence-electron chi connectivity index (χ3n) is 5.05. The summed E-state index contributed by atoms with van der Waals surface area (Å²) in [6.07, 6.45) is -1.70. The summed E-state index contributed by atoms with van der Waals surface area (Å²) < 4.78 is 54.8. The van der Waals surface area contributed by atoms with E-state index in [1.165, 1.54) is 12.1 Å². The van der Waals surface area contributed by atoms with Gasteiger partial charge in [0.1, 0.15) is 0 Å². The van der Waals surface area contributed by atoms with Crippen molar-refractivity contribution in [2.75, 3.05) is 26.2 Å². The number of hydrogen-bond donors (Lipinski definition) is 1. The molecule has 1 aliphatic rings. The van der Waals surface area contributed by atoms with Crippen LogP contribution < -0.4 is 5.32 Å². The predicted molar refractivity (Wildman–Crippen MR) is 104 cm³/mol. The predicted octanol–water partition coefficient (Wildman–Crippen LogP) is 3.22. The molecule has 5 nitrogen and oxygen atoms in total. The Balaban J connectivity index is 1.86. The molecule has 1 fully saturated rings. The molecule has 0 amide bonds. The molecule has 28 heavy (non-hydrogen) atoms. The van der Waals surface area contributed by atoms with Crippen LogP contribution in [0.4, 0.5) is 8.78 Å². The molecular formula is C20H21F2N3O2S. The van der Waals surface area contributed by atoms with E-state index in [2.05, 4.69) is 10.2 Å². The van der Waals surface area contributed by atoms with Crippen LogP contribution in [0.3, 0.4) is 0 Å². The molecule has 2 aromatic carbocycles. The number of aromatic nitrogens is 1. The summed E-state index contributed by atoms with van der Waals surface area (Å²) in [5, 5.41) is 3.59.